The second-order valence-corrected chi connectivity index (χ2v) is 7.04. The molecular formula is C21H38O. The Balaban J connectivity index is 0.000000534. The molecular weight excluding hydrogens is 268 g/mol. The second-order valence-electron chi connectivity index (χ2n) is 7.04. The van der Waals surface area contributed by atoms with Crippen LogP contribution in [-0.2, 0) is 5.41 Å². The van der Waals surface area contributed by atoms with Gasteiger partial charge in [-0.1, -0.05) is 92.2 Å². The summed E-state index contributed by atoms with van der Waals surface area (Å²) in [6.45, 7) is 14.2. The van der Waals surface area contributed by atoms with Crippen LogP contribution in [0.4, 0.5) is 0 Å². The minimum absolute atomic E-state index is 0.224. The van der Waals surface area contributed by atoms with Crippen LogP contribution in [0.1, 0.15) is 92.1 Å². The number of unbranched alkanes of at least 4 members (excludes halogenated alkanes) is 5. The van der Waals surface area contributed by atoms with Crippen molar-refractivity contribution in [3.63, 3.8) is 0 Å². The quantitative estimate of drug-likeness (QED) is 0.464. The van der Waals surface area contributed by atoms with Crippen molar-refractivity contribution >= 4 is 0 Å². The lowest BCUT2D eigenvalue weighted by molar-refractivity contribution is 0.309. The monoisotopic (exact) mass is 306 g/mol. The Hall–Kier alpha value is -0.980. The number of benzene rings is 1. The maximum absolute atomic E-state index is 5.61. The van der Waals surface area contributed by atoms with Crippen molar-refractivity contribution < 1.29 is 4.74 Å². The molecule has 1 heteroatoms. The lowest BCUT2D eigenvalue weighted by Crippen LogP contribution is -2.10. The van der Waals surface area contributed by atoms with E-state index in [1.54, 1.807) is 0 Å². The Kier molecular flexibility index (Phi) is 12.0. The van der Waals surface area contributed by atoms with E-state index in [4.69, 9.17) is 4.74 Å². The molecule has 0 aromatic heterocycles. The zero-order valence-corrected chi connectivity index (χ0v) is 15.9. The zero-order valence-electron chi connectivity index (χ0n) is 15.9. The molecule has 1 aromatic rings. The van der Waals surface area contributed by atoms with Crippen LogP contribution in [0.25, 0.3) is 0 Å². The fourth-order valence-electron chi connectivity index (χ4n) is 2.06. The van der Waals surface area contributed by atoms with Crippen LogP contribution in [0.15, 0.2) is 24.3 Å². The highest BCUT2D eigenvalue weighted by Gasteiger charge is 2.12. The van der Waals surface area contributed by atoms with E-state index in [0.29, 0.717) is 0 Å². The van der Waals surface area contributed by atoms with E-state index in [1.807, 2.05) is 0 Å². The summed E-state index contributed by atoms with van der Waals surface area (Å²) in [6.07, 6.45) is 9.32. The van der Waals surface area contributed by atoms with Gasteiger partial charge in [0.25, 0.3) is 0 Å². The van der Waals surface area contributed by atoms with Gasteiger partial charge in [-0.05, 0) is 29.5 Å². The van der Waals surface area contributed by atoms with Crippen LogP contribution in [0.3, 0.4) is 0 Å². The van der Waals surface area contributed by atoms with E-state index in [2.05, 4.69) is 65.8 Å². The molecule has 0 saturated heterocycles. The Morgan fingerprint density at radius 1 is 0.727 bits per heavy atom. The highest BCUT2D eigenvalue weighted by atomic mass is 16.5. The number of hydrogen-bond donors (Lipinski definition) is 0. The molecule has 0 heterocycles. The first-order valence-corrected chi connectivity index (χ1v) is 9.19. The van der Waals surface area contributed by atoms with Gasteiger partial charge in [0.2, 0.25) is 0 Å². The van der Waals surface area contributed by atoms with Gasteiger partial charge in [-0.15, -0.1) is 0 Å². The summed E-state index contributed by atoms with van der Waals surface area (Å²) >= 11 is 0. The van der Waals surface area contributed by atoms with Crippen LogP contribution >= 0.6 is 0 Å². The summed E-state index contributed by atoms with van der Waals surface area (Å²) in [5, 5.41) is 0. The zero-order chi connectivity index (χ0) is 16.8. The summed E-state index contributed by atoms with van der Waals surface area (Å²) in [4.78, 5) is 0. The predicted octanol–water partition coefficient (Wildman–Crippen LogP) is 7.14. The normalized spacial score (nSPS) is 10.8. The molecule has 0 aliphatic carbocycles. The predicted molar refractivity (Wildman–Crippen MR) is 100.0 cm³/mol. The maximum Gasteiger partial charge on any atom is 0.119 e. The first kappa shape index (κ1) is 21.0. The molecule has 0 spiro atoms. The van der Waals surface area contributed by atoms with E-state index in [-0.39, 0.29) is 5.41 Å². The van der Waals surface area contributed by atoms with E-state index in [1.165, 1.54) is 44.1 Å². The van der Waals surface area contributed by atoms with Gasteiger partial charge in [0, 0.05) is 0 Å². The number of hydrogen-bond acceptors (Lipinski definition) is 1. The molecule has 0 radical (unpaired) electrons. The van der Waals surface area contributed by atoms with Crippen molar-refractivity contribution in [2.24, 2.45) is 0 Å². The van der Waals surface area contributed by atoms with Crippen LogP contribution in [-0.4, -0.2) is 6.61 Å². The van der Waals surface area contributed by atoms with Gasteiger partial charge in [-0.2, -0.15) is 0 Å². The largest absolute Gasteiger partial charge is 0.494 e. The van der Waals surface area contributed by atoms with Gasteiger partial charge in [0.05, 0.1) is 6.61 Å². The molecule has 1 nitrogen and oxygen atoms in total. The third-order valence-corrected chi connectivity index (χ3v) is 3.69. The fraction of sp³-hybridized carbons (Fsp3) is 0.714. The molecule has 0 saturated carbocycles. The highest BCUT2D eigenvalue weighted by Crippen LogP contribution is 2.24. The first-order chi connectivity index (χ1) is 10.5. The van der Waals surface area contributed by atoms with E-state index in [0.717, 1.165) is 18.8 Å². The standard InChI is InChI=1S/C14H22O.C7H16/c1-5-6-11-15-13-9-7-12(8-10-13)14(2,3)4;1-3-5-7-6-4-2/h7-10H,5-6,11H2,1-4H3;3-7H2,1-2H3. The first-order valence-electron chi connectivity index (χ1n) is 9.19. The third kappa shape index (κ3) is 10.7. The molecule has 0 aliphatic rings. The topological polar surface area (TPSA) is 9.23 Å². The molecule has 0 amide bonds. The molecule has 1 rings (SSSR count). The van der Waals surface area contributed by atoms with E-state index < -0.39 is 0 Å². The highest BCUT2D eigenvalue weighted by molar-refractivity contribution is 5.31. The van der Waals surface area contributed by atoms with Gasteiger partial charge in [-0.3, -0.25) is 0 Å². The average molecular weight is 307 g/mol. The molecule has 0 atom stereocenters. The minimum Gasteiger partial charge on any atom is -0.494 e. The number of ether oxygens (including phenoxy) is 1. The van der Waals surface area contributed by atoms with Crippen LogP contribution in [0.2, 0.25) is 0 Å². The van der Waals surface area contributed by atoms with Crippen molar-refractivity contribution in [2.45, 2.75) is 91.9 Å². The van der Waals surface area contributed by atoms with Gasteiger partial charge >= 0.3 is 0 Å². The Labute approximate surface area is 139 Å². The lowest BCUT2D eigenvalue weighted by Gasteiger charge is -2.19. The fourth-order valence-corrected chi connectivity index (χ4v) is 2.06. The van der Waals surface area contributed by atoms with Crippen molar-refractivity contribution in [1.82, 2.24) is 0 Å². The molecule has 1 aromatic carbocycles. The smallest absolute Gasteiger partial charge is 0.119 e. The average Bonchev–Trinajstić information content (AvgIpc) is 2.48. The molecule has 0 fully saturated rings. The summed E-state index contributed by atoms with van der Waals surface area (Å²) in [5.74, 6) is 0.983. The molecule has 0 N–H and O–H groups in total. The van der Waals surface area contributed by atoms with Crippen molar-refractivity contribution in [2.75, 3.05) is 6.61 Å². The van der Waals surface area contributed by atoms with Gasteiger partial charge in [-0.25, -0.2) is 0 Å². The van der Waals surface area contributed by atoms with Crippen molar-refractivity contribution in [3.8, 4) is 5.75 Å². The van der Waals surface area contributed by atoms with Gasteiger partial charge < -0.3 is 4.74 Å². The summed E-state index contributed by atoms with van der Waals surface area (Å²) < 4.78 is 5.61. The molecule has 0 unspecified atom stereocenters. The molecule has 0 bridgehead atoms. The van der Waals surface area contributed by atoms with Gasteiger partial charge in [0.15, 0.2) is 0 Å². The third-order valence-electron chi connectivity index (χ3n) is 3.69. The summed E-state index contributed by atoms with van der Waals surface area (Å²) in [5.41, 5.74) is 1.58. The number of rotatable bonds is 8. The molecule has 22 heavy (non-hydrogen) atoms. The minimum atomic E-state index is 0.224. The van der Waals surface area contributed by atoms with Crippen LogP contribution in [0, 0.1) is 0 Å². The van der Waals surface area contributed by atoms with Gasteiger partial charge in [0.1, 0.15) is 5.75 Å². The van der Waals surface area contributed by atoms with Crippen molar-refractivity contribution in [1.29, 1.82) is 0 Å². The summed E-state index contributed by atoms with van der Waals surface area (Å²) in [6, 6.07) is 8.44. The SMILES string of the molecule is CCCCCCC.CCCCOc1ccc(C(C)(C)C)cc1. The molecule has 128 valence electrons. The van der Waals surface area contributed by atoms with Crippen LogP contribution < -0.4 is 4.74 Å². The van der Waals surface area contributed by atoms with E-state index in [9.17, 15) is 0 Å². The maximum atomic E-state index is 5.61. The van der Waals surface area contributed by atoms with E-state index >= 15 is 0 Å². The van der Waals surface area contributed by atoms with Crippen molar-refractivity contribution in [3.05, 3.63) is 29.8 Å². The Morgan fingerprint density at radius 3 is 1.64 bits per heavy atom. The van der Waals surface area contributed by atoms with Crippen LogP contribution in [0.5, 0.6) is 5.75 Å². The molecule has 0 aliphatic heterocycles. The summed E-state index contributed by atoms with van der Waals surface area (Å²) in [7, 11) is 0. The lowest BCUT2D eigenvalue weighted by atomic mass is 9.87. The Bertz CT molecular complexity index is 341. The Morgan fingerprint density at radius 2 is 1.23 bits per heavy atom. The second kappa shape index (κ2) is 12.6.